The Bertz CT molecular complexity index is 775. The van der Waals surface area contributed by atoms with Gasteiger partial charge in [0, 0.05) is 12.1 Å². The molecule has 4 bridgehead atoms. The van der Waals surface area contributed by atoms with Crippen molar-refractivity contribution in [3.63, 3.8) is 0 Å². The molecule has 2 unspecified atom stereocenters. The normalized spacial score (nSPS) is 39.0. The number of hydroxylamine groups is 2. The van der Waals surface area contributed by atoms with E-state index in [0.29, 0.717) is 29.2 Å². The van der Waals surface area contributed by atoms with E-state index in [0.717, 1.165) is 63.5 Å². The molecule has 6 aliphatic rings. The monoisotopic (exact) mass is 383 g/mol. The standard InChI is InChI=1S/C22H29N3O3/c26-21(18-11-23-12-24-19(18)14-4-5-14)25(28-17-2-1-3-17)20-15-6-13-7-16(20)10-22(27,8-13)9-15/h11-17,20,27H,1-10H2. The van der Waals surface area contributed by atoms with Gasteiger partial charge in [-0.3, -0.25) is 9.63 Å². The summed E-state index contributed by atoms with van der Waals surface area (Å²) in [5, 5.41) is 12.7. The van der Waals surface area contributed by atoms with Crippen molar-refractivity contribution in [1.82, 2.24) is 15.0 Å². The molecule has 28 heavy (non-hydrogen) atoms. The lowest BCUT2D eigenvalue weighted by molar-refractivity contribution is -0.256. The van der Waals surface area contributed by atoms with Gasteiger partial charge in [-0.25, -0.2) is 15.0 Å². The molecule has 7 rings (SSSR count). The molecule has 0 aliphatic heterocycles. The van der Waals surface area contributed by atoms with Crippen LogP contribution in [0.5, 0.6) is 0 Å². The van der Waals surface area contributed by atoms with Gasteiger partial charge in [-0.05, 0) is 82.0 Å². The lowest BCUT2D eigenvalue weighted by atomic mass is 9.52. The van der Waals surface area contributed by atoms with Gasteiger partial charge in [0.15, 0.2) is 0 Å². The van der Waals surface area contributed by atoms with E-state index < -0.39 is 5.60 Å². The number of aromatic nitrogens is 2. The molecule has 6 aliphatic carbocycles. The summed E-state index contributed by atoms with van der Waals surface area (Å²) in [6.07, 6.45) is 13.6. The molecule has 1 aromatic heterocycles. The van der Waals surface area contributed by atoms with Crippen LogP contribution in [0.25, 0.3) is 0 Å². The first-order valence-corrected chi connectivity index (χ1v) is 11.1. The minimum atomic E-state index is -0.507. The van der Waals surface area contributed by atoms with Gasteiger partial charge >= 0.3 is 0 Å². The Morgan fingerprint density at radius 3 is 2.50 bits per heavy atom. The largest absolute Gasteiger partial charge is 0.390 e. The van der Waals surface area contributed by atoms with Crippen LogP contribution < -0.4 is 0 Å². The Balaban J connectivity index is 1.34. The maximum Gasteiger partial charge on any atom is 0.281 e. The molecule has 1 heterocycles. The average Bonchev–Trinajstić information content (AvgIpc) is 3.45. The Labute approximate surface area is 165 Å². The number of aliphatic hydroxyl groups is 1. The zero-order chi connectivity index (χ0) is 18.9. The summed E-state index contributed by atoms with van der Waals surface area (Å²) in [6.45, 7) is 0. The van der Waals surface area contributed by atoms with Gasteiger partial charge in [0.2, 0.25) is 0 Å². The van der Waals surface area contributed by atoms with E-state index in [-0.39, 0.29) is 18.1 Å². The fraction of sp³-hybridized carbons (Fsp3) is 0.773. The Morgan fingerprint density at radius 2 is 1.89 bits per heavy atom. The molecular weight excluding hydrogens is 354 g/mol. The highest BCUT2D eigenvalue weighted by Crippen LogP contribution is 2.57. The van der Waals surface area contributed by atoms with E-state index >= 15 is 0 Å². The van der Waals surface area contributed by atoms with Crippen molar-refractivity contribution in [2.24, 2.45) is 17.8 Å². The van der Waals surface area contributed by atoms with Gasteiger partial charge in [0.05, 0.1) is 29.0 Å². The van der Waals surface area contributed by atoms with Gasteiger partial charge in [0.1, 0.15) is 6.33 Å². The predicted molar refractivity (Wildman–Crippen MR) is 101 cm³/mol. The van der Waals surface area contributed by atoms with Crippen molar-refractivity contribution in [3.8, 4) is 0 Å². The number of hydrogen-bond donors (Lipinski definition) is 1. The molecule has 0 spiro atoms. The number of carbonyl (C=O) groups excluding carboxylic acids is 1. The Morgan fingerprint density at radius 1 is 1.14 bits per heavy atom. The highest BCUT2D eigenvalue weighted by atomic mass is 16.7. The fourth-order valence-electron chi connectivity index (χ4n) is 6.53. The summed E-state index contributed by atoms with van der Waals surface area (Å²) in [7, 11) is 0. The first kappa shape index (κ1) is 17.3. The Hall–Kier alpha value is -1.53. The van der Waals surface area contributed by atoms with Crippen LogP contribution >= 0.6 is 0 Å². The second-order valence-electron chi connectivity index (χ2n) is 10.1. The van der Waals surface area contributed by atoms with Crippen molar-refractivity contribution in [3.05, 3.63) is 23.8 Å². The molecule has 1 aromatic rings. The number of carbonyl (C=O) groups is 1. The Kier molecular flexibility index (Phi) is 3.86. The summed E-state index contributed by atoms with van der Waals surface area (Å²) in [5.74, 6) is 1.63. The van der Waals surface area contributed by atoms with E-state index in [2.05, 4.69) is 9.97 Å². The SMILES string of the molecule is O=C(c1cncnc1C1CC1)N(OC1CCC1)C1C2CC3CC1CC(O)(C3)C2. The van der Waals surface area contributed by atoms with Gasteiger partial charge in [0.25, 0.3) is 5.91 Å². The van der Waals surface area contributed by atoms with Gasteiger partial charge in [-0.15, -0.1) is 0 Å². The zero-order valence-electron chi connectivity index (χ0n) is 16.3. The first-order valence-electron chi connectivity index (χ1n) is 11.1. The van der Waals surface area contributed by atoms with Crippen LogP contribution in [0.2, 0.25) is 0 Å². The van der Waals surface area contributed by atoms with Crippen molar-refractivity contribution in [2.75, 3.05) is 0 Å². The lowest BCUT2D eigenvalue weighted by Gasteiger charge is -2.59. The molecule has 6 heteroatoms. The van der Waals surface area contributed by atoms with Crippen molar-refractivity contribution < 1.29 is 14.7 Å². The van der Waals surface area contributed by atoms with E-state index in [1.807, 2.05) is 0 Å². The second kappa shape index (κ2) is 6.23. The van der Waals surface area contributed by atoms with Crippen molar-refractivity contribution in [2.45, 2.75) is 87.9 Å². The molecule has 1 amide bonds. The summed E-state index contributed by atoms with van der Waals surface area (Å²) in [6, 6.07) is 0.0807. The number of hydrogen-bond acceptors (Lipinski definition) is 5. The van der Waals surface area contributed by atoms with E-state index in [1.54, 1.807) is 17.6 Å². The third kappa shape index (κ3) is 2.79. The quantitative estimate of drug-likeness (QED) is 0.790. The summed E-state index contributed by atoms with van der Waals surface area (Å²) in [5.41, 5.74) is 1.01. The molecule has 6 fully saturated rings. The van der Waals surface area contributed by atoms with Crippen molar-refractivity contribution >= 4 is 5.91 Å². The van der Waals surface area contributed by atoms with E-state index in [9.17, 15) is 9.90 Å². The van der Waals surface area contributed by atoms with E-state index in [1.165, 1.54) is 6.42 Å². The molecule has 2 atom stereocenters. The topological polar surface area (TPSA) is 75.6 Å². The van der Waals surface area contributed by atoms with Crippen LogP contribution in [-0.2, 0) is 4.84 Å². The van der Waals surface area contributed by atoms with Gasteiger partial charge in [-0.2, -0.15) is 0 Å². The summed E-state index contributed by atoms with van der Waals surface area (Å²) in [4.78, 5) is 28.7. The number of amides is 1. The summed E-state index contributed by atoms with van der Waals surface area (Å²) < 4.78 is 0. The lowest BCUT2D eigenvalue weighted by Crippen LogP contribution is -2.63. The first-order chi connectivity index (χ1) is 13.6. The third-order valence-corrected chi connectivity index (χ3v) is 7.91. The molecule has 1 N–H and O–H groups in total. The maximum absolute atomic E-state index is 13.7. The highest BCUT2D eigenvalue weighted by Gasteiger charge is 2.57. The average molecular weight is 383 g/mol. The fourth-order valence-corrected chi connectivity index (χ4v) is 6.53. The molecule has 0 radical (unpaired) electrons. The molecule has 6 nitrogen and oxygen atoms in total. The second-order valence-corrected chi connectivity index (χ2v) is 10.1. The van der Waals surface area contributed by atoms with Crippen LogP contribution in [-0.4, -0.2) is 43.8 Å². The van der Waals surface area contributed by atoms with Crippen molar-refractivity contribution in [1.29, 1.82) is 0 Å². The van der Waals surface area contributed by atoms with Gasteiger partial charge in [-0.1, -0.05) is 0 Å². The van der Waals surface area contributed by atoms with Crippen LogP contribution in [0.1, 0.15) is 86.2 Å². The zero-order valence-corrected chi connectivity index (χ0v) is 16.3. The molecule has 150 valence electrons. The molecule has 0 saturated heterocycles. The van der Waals surface area contributed by atoms with Gasteiger partial charge < -0.3 is 5.11 Å². The van der Waals surface area contributed by atoms with Crippen LogP contribution in [0, 0.1) is 17.8 Å². The molecule has 6 saturated carbocycles. The third-order valence-electron chi connectivity index (χ3n) is 7.91. The minimum Gasteiger partial charge on any atom is -0.390 e. The number of nitrogens with zero attached hydrogens (tertiary/aromatic N) is 3. The smallest absolute Gasteiger partial charge is 0.281 e. The van der Waals surface area contributed by atoms with Crippen LogP contribution in [0.3, 0.4) is 0 Å². The summed E-state index contributed by atoms with van der Waals surface area (Å²) >= 11 is 0. The van der Waals surface area contributed by atoms with E-state index in [4.69, 9.17) is 4.84 Å². The molecular formula is C22H29N3O3. The number of rotatable bonds is 5. The van der Waals surface area contributed by atoms with Crippen LogP contribution in [0.15, 0.2) is 12.5 Å². The minimum absolute atomic E-state index is 0.0566. The predicted octanol–water partition coefficient (Wildman–Crippen LogP) is 3.22. The molecule has 0 aromatic carbocycles. The maximum atomic E-state index is 13.7. The highest BCUT2D eigenvalue weighted by molar-refractivity contribution is 5.94. The van der Waals surface area contributed by atoms with Crippen LogP contribution in [0.4, 0.5) is 0 Å².